The molecule has 5 rings (SSSR count). The van der Waals surface area contributed by atoms with Crippen LogP contribution in [-0.4, -0.2) is 37.5 Å². The van der Waals surface area contributed by atoms with Crippen molar-refractivity contribution in [1.29, 1.82) is 0 Å². The molecule has 0 saturated heterocycles. The maximum Gasteiger partial charge on any atom is 0.198 e. The normalized spacial score (nSPS) is 15.6. The van der Waals surface area contributed by atoms with Crippen molar-refractivity contribution in [2.75, 3.05) is 6.26 Å². The van der Waals surface area contributed by atoms with Gasteiger partial charge in [0, 0.05) is 17.1 Å². The van der Waals surface area contributed by atoms with Crippen LogP contribution in [-0.2, 0) is 23.5 Å². The smallest absolute Gasteiger partial charge is 0.198 e. The summed E-state index contributed by atoms with van der Waals surface area (Å²) in [6.45, 7) is 9.00. The highest BCUT2D eigenvalue weighted by molar-refractivity contribution is 7.99. The molecule has 4 aromatic rings. The molecule has 1 aliphatic rings. The van der Waals surface area contributed by atoms with Gasteiger partial charge in [-0.3, -0.25) is 0 Å². The van der Waals surface area contributed by atoms with Crippen LogP contribution in [0.25, 0.3) is 15.9 Å². The molecular weight excluding hydrogens is 460 g/mol. The summed E-state index contributed by atoms with van der Waals surface area (Å²) in [6.07, 6.45) is 3.06. The second-order valence-electron chi connectivity index (χ2n) is 8.75. The minimum Gasteiger partial charge on any atom is -0.491 e. The van der Waals surface area contributed by atoms with Gasteiger partial charge in [0.1, 0.15) is 10.6 Å². The highest BCUT2D eigenvalue weighted by atomic mass is 32.2. The first-order valence-corrected chi connectivity index (χ1v) is 13.6. The Hall–Kier alpha value is -1.81. The topological polar surface area (TPSA) is 61.5 Å². The molecule has 168 valence electrons. The second-order valence-corrected chi connectivity index (χ2v) is 11.6. The van der Waals surface area contributed by atoms with Gasteiger partial charge in [-0.1, -0.05) is 35.7 Å². The van der Waals surface area contributed by atoms with Gasteiger partial charge < -0.3 is 9.47 Å². The molecule has 0 fully saturated rings. The summed E-state index contributed by atoms with van der Waals surface area (Å²) < 4.78 is 14.0. The second kappa shape index (κ2) is 8.52. The Morgan fingerprint density at radius 3 is 2.88 bits per heavy atom. The fraction of sp³-hybridized carbons (Fsp3) is 0.435. The number of thiophene rings is 1. The van der Waals surface area contributed by atoms with Gasteiger partial charge in [0.05, 0.1) is 23.7 Å². The lowest BCUT2D eigenvalue weighted by atomic mass is 9.94. The van der Waals surface area contributed by atoms with Gasteiger partial charge in [0.15, 0.2) is 16.0 Å². The van der Waals surface area contributed by atoms with Gasteiger partial charge in [-0.15, -0.1) is 21.5 Å². The van der Waals surface area contributed by atoms with E-state index in [0.717, 1.165) is 44.1 Å². The van der Waals surface area contributed by atoms with Crippen LogP contribution in [0.5, 0.6) is 5.75 Å². The molecule has 1 aromatic carbocycles. The molecule has 3 aromatic heterocycles. The Morgan fingerprint density at radius 2 is 2.09 bits per heavy atom. The molecule has 0 unspecified atom stereocenters. The van der Waals surface area contributed by atoms with E-state index in [4.69, 9.17) is 14.5 Å². The SMILES string of the molecule is CSc1nc2sc3c(c2c2nnc(SCc4cccc(OC(C)C)c4)n12)CC(C)(C)OC3. The average Bonchev–Trinajstić information content (AvgIpc) is 3.31. The van der Waals surface area contributed by atoms with Gasteiger partial charge in [0.2, 0.25) is 0 Å². The third kappa shape index (κ3) is 4.11. The summed E-state index contributed by atoms with van der Waals surface area (Å²) in [7, 11) is 0. The highest BCUT2D eigenvalue weighted by Gasteiger charge is 2.31. The highest BCUT2D eigenvalue weighted by Crippen LogP contribution is 2.41. The monoisotopic (exact) mass is 486 g/mol. The fourth-order valence-electron chi connectivity index (χ4n) is 3.95. The minimum atomic E-state index is -0.184. The van der Waals surface area contributed by atoms with E-state index in [1.54, 1.807) is 34.9 Å². The first-order valence-electron chi connectivity index (χ1n) is 10.6. The van der Waals surface area contributed by atoms with Gasteiger partial charge in [-0.25, -0.2) is 9.38 Å². The van der Waals surface area contributed by atoms with Crippen LogP contribution in [0.2, 0.25) is 0 Å². The first-order chi connectivity index (χ1) is 15.3. The first kappa shape index (κ1) is 22.0. The Morgan fingerprint density at radius 1 is 1.25 bits per heavy atom. The van der Waals surface area contributed by atoms with Gasteiger partial charge in [-0.2, -0.15) is 0 Å². The molecule has 0 spiro atoms. The number of ether oxygens (including phenoxy) is 2. The molecule has 0 amide bonds. The summed E-state index contributed by atoms with van der Waals surface area (Å²) >= 11 is 5.02. The van der Waals surface area contributed by atoms with Crippen LogP contribution in [0.4, 0.5) is 0 Å². The number of nitrogens with zero attached hydrogens (tertiary/aromatic N) is 4. The summed E-state index contributed by atoms with van der Waals surface area (Å²) in [4.78, 5) is 7.26. The lowest BCUT2D eigenvalue weighted by Crippen LogP contribution is -2.31. The van der Waals surface area contributed by atoms with Crippen LogP contribution < -0.4 is 4.74 Å². The van der Waals surface area contributed by atoms with Crippen molar-refractivity contribution >= 4 is 50.7 Å². The summed E-state index contributed by atoms with van der Waals surface area (Å²) in [5.41, 5.74) is 3.22. The molecule has 0 aliphatic carbocycles. The fourth-order valence-corrected chi connectivity index (χ4v) is 6.58. The quantitative estimate of drug-likeness (QED) is 0.245. The number of hydrogen-bond acceptors (Lipinski definition) is 8. The van der Waals surface area contributed by atoms with Gasteiger partial charge in [0.25, 0.3) is 0 Å². The maximum absolute atomic E-state index is 6.04. The number of aromatic nitrogens is 4. The molecule has 0 atom stereocenters. The van der Waals surface area contributed by atoms with E-state index in [9.17, 15) is 0 Å². The summed E-state index contributed by atoms with van der Waals surface area (Å²) in [5.74, 6) is 1.68. The number of thioether (sulfide) groups is 2. The molecular formula is C23H26N4O2S3. The standard InChI is InChI=1S/C23H26N4O2S3/c1-13(2)29-15-8-6-7-14(9-15)12-31-22-26-25-19-18-16-10-23(3,4)28-11-17(16)32-20(18)24-21(30-5)27(19)22/h6-9,13H,10-12H2,1-5H3. The molecule has 0 bridgehead atoms. The van der Waals surface area contributed by atoms with Crippen molar-refractivity contribution in [3.63, 3.8) is 0 Å². The van der Waals surface area contributed by atoms with Crippen molar-refractivity contribution in [1.82, 2.24) is 19.6 Å². The number of hydrogen-bond donors (Lipinski definition) is 0. The van der Waals surface area contributed by atoms with Crippen LogP contribution in [0.15, 0.2) is 34.6 Å². The molecule has 4 heterocycles. The van der Waals surface area contributed by atoms with E-state index < -0.39 is 0 Å². The Bertz CT molecular complexity index is 1300. The third-order valence-corrected chi connectivity index (χ3v) is 8.07. The summed E-state index contributed by atoms with van der Waals surface area (Å²) in [6, 6.07) is 8.25. The van der Waals surface area contributed by atoms with Crippen molar-refractivity contribution in [3.05, 3.63) is 40.3 Å². The third-order valence-electron chi connectivity index (χ3n) is 5.33. The largest absolute Gasteiger partial charge is 0.491 e. The molecule has 0 N–H and O–H groups in total. The van der Waals surface area contributed by atoms with E-state index in [1.807, 2.05) is 26.0 Å². The van der Waals surface area contributed by atoms with Gasteiger partial charge in [-0.05, 0) is 57.2 Å². The van der Waals surface area contributed by atoms with E-state index >= 15 is 0 Å². The maximum atomic E-state index is 6.04. The zero-order valence-corrected chi connectivity index (χ0v) is 21.3. The van der Waals surface area contributed by atoms with Crippen LogP contribution in [0.3, 0.4) is 0 Å². The van der Waals surface area contributed by atoms with Crippen LogP contribution >= 0.6 is 34.9 Å². The van der Waals surface area contributed by atoms with Crippen molar-refractivity contribution < 1.29 is 9.47 Å². The Balaban J connectivity index is 1.52. The zero-order valence-electron chi connectivity index (χ0n) is 18.8. The number of benzene rings is 1. The van der Waals surface area contributed by atoms with Crippen LogP contribution in [0.1, 0.15) is 43.7 Å². The van der Waals surface area contributed by atoms with Gasteiger partial charge >= 0.3 is 0 Å². The Kier molecular flexibility index (Phi) is 5.86. The lowest BCUT2D eigenvalue weighted by Gasteiger charge is -2.30. The molecule has 0 saturated carbocycles. The number of rotatable bonds is 6. The molecule has 9 heteroatoms. The van der Waals surface area contributed by atoms with Crippen molar-refractivity contribution in [2.45, 2.75) is 68.5 Å². The Labute approximate surface area is 200 Å². The van der Waals surface area contributed by atoms with E-state index in [2.05, 4.69) is 46.8 Å². The summed E-state index contributed by atoms with van der Waals surface area (Å²) in [5, 5.41) is 12.1. The molecule has 1 aliphatic heterocycles. The lowest BCUT2D eigenvalue weighted by molar-refractivity contribution is -0.0379. The molecule has 0 radical (unpaired) electrons. The van der Waals surface area contributed by atoms with E-state index in [1.165, 1.54) is 16.0 Å². The predicted molar refractivity (Wildman–Crippen MR) is 132 cm³/mol. The van der Waals surface area contributed by atoms with E-state index in [-0.39, 0.29) is 11.7 Å². The van der Waals surface area contributed by atoms with E-state index in [0.29, 0.717) is 6.61 Å². The number of fused-ring (bicyclic) bond motifs is 5. The van der Waals surface area contributed by atoms with Crippen molar-refractivity contribution in [3.8, 4) is 5.75 Å². The predicted octanol–water partition coefficient (Wildman–Crippen LogP) is 5.99. The average molecular weight is 487 g/mol. The minimum absolute atomic E-state index is 0.155. The zero-order chi connectivity index (χ0) is 22.5. The van der Waals surface area contributed by atoms with Crippen molar-refractivity contribution in [2.24, 2.45) is 0 Å². The van der Waals surface area contributed by atoms with Crippen LogP contribution in [0, 0.1) is 0 Å². The molecule has 32 heavy (non-hydrogen) atoms. The molecule has 6 nitrogen and oxygen atoms in total.